The quantitative estimate of drug-likeness (QED) is 0.616. The van der Waals surface area contributed by atoms with E-state index in [2.05, 4.69) is 16.9 Å². The Morgan fingerprint density at radius 2 is 2.37 bits per heavy atom. The summed E-state index contributed by atoms with van der Waals surface area (Å²) in [4.78, 5) is 11.8. The van der Waals surface area contributed by atoms with E-state index in [0.29, 0.717) is 17.7 Å². The summed E-state index contributed by atoms with van der Waals surface area (Å²) in [5.41, 5.74) is 1.16. The molecule has 0 amide bonds. The van der Waals surface area contributed by atoms with Crippen LogP contribution in [0, 0.1) is 18.8 Å². The minimum Gasteiger partial charge on any atom is -0.457 e. The number of rotatable bonds is 4. The van der Waals surface area contributed by atoms with Gasteiger partial charge in [0.25, 0.3) is 0 Å². The minimum atomic E-state index is -0.410. The maximum absolute atomic E-state index is 11.8. The van der Waals surface area contributed by atoms with Gasteiger partial charge in [0, 0.05) is 0 Å². The Balaban J connectivity index is 1.79. The molecule has 3 rings (SSSR count). The van der Waals surface area contributed by atoms with Crippen molar-refractivity contribution in [1.82, 2.24) is 15.0 Å². The Hall–Kier alpha value is -1.65. The van der Waals surface area contributed by atoms with Crippen LogP contribution in [0.1, 0.15) is 47.9 Å². The lowest BCUT2D eigenvalue weighted by molar-refractivity contribution is 0.0542. The smallest absolute Gasteiger partial charge is 0.361 e. The van der Waals surface area contributed by atoms with Crippen molar-refractivity contribution in [2.24, 2.45) is 11.8 Å². The molecule has 0 aliphatic heterocycles. The molecule has 2 fully saturated rings. The summed E-state index contributed by atoms with van der Waals surface area (Å²) in [5, 5.41) is 8.19. The van der Waals surface area contributed by atoms with Gasteiger partial charge in [-0.2, -0.15) is 0 Å². The summed E-state index contributed by atoms with van der Waals surface area (Å²) in [6.45, 7) is 5.63. The second-order valence-electron chi connectivity index (χ2n) is 5.60. The fraction of sp³-hybridized carbons (Fsp3) is 0.643. The van der Waals surface area contributed by atoms with Crippen LogP contribution in [0.4, 0.5) is 0 Å². The summed E-state index contributed by atoms with van der Waals surface area (Å²) in [7, 11) is 0. The zero-order valence-electron chi connectivity index (χ0n) is 11.2. The highest BCUT2D eigenvalue weighted by molar-refractivity contribution is 5.88. The first kappa shape index (κ1) is 12.4. The Kier molecular flexibility index (Phi) is 3.12. The molecule has 1 heterocycles. The summed E-state index contributed by atoms with van der Waals surface area (Å²) in [6.07, 6.45) is 6.66. The number of nitrogens with zero attached hydrogens (tertiary/aromatic N) is 3. The topological polar surface area (TPSA) is 57.0 Å². The van der Waals surface area contributed by atoms with E-state index >= 15 is 0 Å². The van der Waals surface area contributed by atoms with E-state index < -0.39 is 5.97 Å². The number of esters is 1. The normalized spacial score (nSPS) is 28.6. The molecule has 0 saturated heterocycles. The van der Waals surface area contributed by atoms with Crippen LogP contribution < -0.4 is 0 Å². The van der Waals surface area contributed by atoms with E-state index in [1.807, 2.05) is 11.6 Å². The van der Waals surface area contributed by atoms with Crippen molar-refractivity contribution in [1.29, 1.82) is 0 Å². The highest BCUT2D eigenvalue weighted by atomic mass is 16.5. The summed E-state index contributed by atoms with van der Waals surface area (Å²) in [6, 6.07) is 0.423. The first-order valence-electron chi connectivity index (χ1n) is 6.90. The molecule has 2 bridgehead atoms. The highest BCUT2D eigenvalue weighted by Gasteiger charge is 2.42. The molecule has 5 heteroatoms. The number of ether oxygens (including phenoxy) is 1. The lowest BCUT2D eigenvalue weighted by Gasteiger charge is -2.22. The molecule has 2 aliphatic rings. The molecule has 19 heavy (non-hydrogen) atoms. The number of fused-ring (bicyclic) bond motifs is 2. The third kappa shape index (κ3) is 2.07. The van der Waals surface area contributed by atoms with Gasteiger partial charge in [0.2, 0.25) is 0 Å². The molecule has 0 N–H and O–H groups in total. The lowest BCUT2D eigenvalue weighted by Crippen LogP contribution is -2.19. The van der Waals surface area contributed by atoms with Crippen molar-refractivity contribution in [2.75, 3.05) is 6.61 Å². The van der Waals surface area contributed by atoms with Crippen molar-refractivity contribution in [3.63, 3.8) is 0 Å². The third-order valence-electron chi connectivity index (χ3n) is 4.47. The summed E-state index contributed by atoms with van der Waals surface area (Å²) in [5.74, 6) is 1.14. The zero-order valence-corrected chi connectivity index (χ0v) is 11.2. The largest absolute Gasteiger partial charge is 0.457 e. The molecule has 1 aromatic heterocycles. The molecule has 0 radical (unpaired) electrons. The van der Waals surface area contributed by atoms with Gasteiger partial charge in [-0.1, -0.05) is 24.3 Å². The Morgan fingerprint density at radius 1 is 1.53 bits per heavy atom. The zero-order chi connectivity index (χ0) is 13.4. The van der Waals surface area contributed by atoms with Gasteiger partial charge in [-0.05, 0) is 38.0 Å². The molecule has 3 unspecified atom stereocenters. The van der Waals surface area contributed by atoms with Crippen LogP contribution in [0.15, 0.2) is 12.7 Å². The molecule has 1 aromatic rings. The molecule has 2 saturated carbocycles. The molecule has 0 aromatic carbocycles. The lowest BCUT2D eigenvalue weighted by atomic mass is 9.95. The van der Waals surface area contributed by atoms with Gasteiger partial charge in [-0.15, -0.1) is 5.10 Å². The molecule has 2 aliphatic carbocycles. The van der Waals surface area contributed by atoms with Gasteiger partial charge in [0.15, 0.2) is 5.69 Å². The van der Waals surface area contributed by atoms with Gasteiger partial charge in [0.1, 0.15) is 6.61 Å². The highest BCUT2D eigenvalue weighted by Crippen LogP contribution is 2.50. The summed E-state index contributed by atoms with van der Waals surface area (Å²) >= 11 is 0. The van der Waals surface area contributed by atoms with Crippen molar-refractivity contribution in [2.45, 2.75) is 38.6 Å². The van der Waals surface area contributed by atoms with Crippen LogP contribution in [0.3, 0.4) is 0 Å². The monoisotopic (exact) mass is 261 g/mol. The molecule has 3 atom stereocenters. The van der Waals surface area contributed by atoms with Crippen LogP contribution in [-0.2, 0) is 4.74 Å². The van der Waals surface area contributed by atoms with Gasteiger partial charge < -0.3 is 4.74 Å². The van der Waals surface area contributed by atoms with Crippen molar-refractivity contribution >= 4 is 5.97 Å². The van der Waals surface area contributed by atoms with E-state index in [1.54, 1.807) is 6.08 Å². The van der Waals surface area contributed by atoms with Gasteiger partial charge >= 0.3 is 5.97 Å². The minimum absolute atomic E-state index is 0.208. The number of carbonyl (C=O) groups excluding carboxylic acids is 1. The SMILES string of the molecule is C=CCOC(=O)c1nnn(C2CC3CCC2C3)c1C. The summed E-state index contributed by atoms with van der Waals surface area (Å²) < 4.78 is 6.96. The second-order valence-corrected chi connectivity index (χ2v) is 5.60. The van der Waals surface area contributed by atoms with E-state index in [0.717, 1.165) is 11.6 Å². The van der Waals surface area contributed by atoms with E-state index in [4.69, 9.17) is 4.74 Å². The predicted molar refractivity (Wildman–Crippen MR) is 69.7 cm³/mol. The number of carbonyl (C=O) groups is 1. The van der Waals surface area contributed by atoms with E-state index in [1.165, 1.54) is 25.7 Å². The van der Waals surface area contributed by atoms with Gasteiger partial charge in [-0.3, -0.25) is 0 Å². The Morgan fingerprint density at radius 3 is 3.00 bits per heavy atom. The van der Waals surface area contributed by atoms with Crippen LogP contribution in [0.5, 0.6) is 0 Å². The first-order chi connectivity index (χ1) is 9.20. The standard InChI is InChI=1S/C14H19N3O2/c1-3-6-19-14(18)13-9(2)17(16-15-13)12-8-10-4-5-11(12)7-10/h3,10-12H,1,4-8H2,2H3. The molecule has 0 spiro atoms. The maximum atomic E-state index is 11.8. The fourth-order valence-corrected chi connectivity index (χ4v) is 3.56. The fourth-order valence-electron chi connectivity index (χ4n) is 3.56. The number of hydrogen-bond acceptors (Lipinski definition) is 4. The second kappa shape index (κ2) is 4.79. The van der Waals surface area contributed by atoms with Gasteiger partial charge in [0.05, 0.1) is 11.7 Å². The molecular formula is C14H19N3O2. The Bertz CT molecular complexity index is 509. The van der Waals surface area contributed by atoms with Gasteiger partial charge in [-0.25, -0.2) is 9.48 Å². The van der Waals surface area contributed by atoms with Crippen LogP contribution >= 0.6 is 0 Å². The van der Waals surface area contributed by atoms with Crippen LogP contribution in [-0.4, -0.2) is 27.6 Å². The van der Waals surface area contributed by atoms with Crippen LogP contribution in [0.2, 0.25) is 0 Å². The molecule has 102 valence electrons. The first-order valence-corrected chi connectivity index (χ1v) is 6.90. The average molecular weight is 261 g/mol. The molecular weight excluding hydrogens is 242 g/mol. The third-order valence-corrected chi connectivity index (χ3v) is 4.47. The number of aromatic nitrogens is 3. The van der Waals surface area contributed by atoms with E-state index in [9.17, 15) is 4.79 Å². The Labute approximate surface area is 112 Å². The van der Waals surface area contributed by atoms with Crippen molar-refractivity contribution < 1.29 is 9.53 Å². The van der Waals surface area contributed by atoms with Crippen LogP contribution in [0.25, 0.3) is 0 Å². The average Bonchev–Trinajstić information content (AvgIpc) is 3.10. The van der Waals surface area contributed by atoms with Crippen molar-refractivity contribution in [3.8, 4) is 0 Å². The van der Waals surface area contributed by atoms with Crippen molar-refractivity contribution in [3.05, 3.63) is 24.0 Å². The van der Waals surface area contributed by atoms with E-state index in [-0.39, 0.29) is 6.61 Å². The maximum Gasteiger partial charge on any atom is 0.361 e. The predicted octanol–water partition coefficient (Wildman–Crippen LogP) is 2.29. The number of hydrogen-bond donors (Lipinski definition) is 0. The molecule has 5 nitrogen and oxygen atoms in total.